The van der Waals surface area contributed by atoms with Crippen molar-refractivity contribution in [1.29, 1.82) is 0 Å². The summed E-state index contributed by atoms with van der Waals surface area (Å²) in [5, 5.41) is 0. The molecule has 0 radical (unpaired) electrons. The number of carbonyl (C=O) groups is 1. The zero-order valence-corrected chi connectivity index (χ0v) is 12.4. The molecule has 2 N–H and O–H groups in total. The van der Waals surface area contributed by atoms with E-state index >= 15 is 0 Å². The second-order valence-electron chi connectivity index (χ2n) is 4.92. The summed E-state index contributed by atoms with van der Waals surface area (Å²) in [6.07, 6.45) is 3.99. The van der Waals surface area contributed by atoms with Gasteiger partial charge in [0.1, 0.15) is 0 Å². The number of para-hydroxylation sites is 2. The van der Waals surface area contributed by atoms with E-state index in [1.165, 1.54) is 0 Å². The topological polar surface area (TPSA) is 46.3 Å². The van der Waals surface area contributed by atoms with Gasteiger partial charge in [0, 0.05) is 12.5 Å². The third-order valence-electron chi connectivity index (χ3n) is 3.43. The van der Waals surface area contributed by atoms with Crippen LogP contribution >= 0.6 is 0 Å². The summed E-state index contributed by atoms with van der Waals surface area (Å²) in [6.45, 7) is 6.92. The predicted octanol–water partition coefficient (Wildman–Crippen LogP) is 3.84. The van der Waals surface area contributed by atoms with E-state index in [-0.39, 0.29) is 11.8 Å². The van der Waals surface area contributed by atoms with Gasteiger partial charge < -0.3 is 10.6 Å². The molecule has 1 aromatic rings. The molecule has 0 aliphatic carbocycles. The number of anilines is 2. The van der Waals surface area contributed by atoms with Crippen LogP contribution in [-0.2, 0) is 4.79 Å². The van der Waals surface area contributed by atoms with E-state index < -0.39 is 0 Å². The van der Waals surface area contributed by atoms with Crippen LogP contribution in [0.2, 0.25) is 0 Å². The molecule has 0 unspecified atom stereocenters. The smallest absolute Gasteiger partial charge is 0.230 e. The zero-order chi connectivity index (χ0) is 14.3. The van der Waals surface area contributed by atoms with Crippen molar-refractivity contribution >= 4 is 17.3 Å². The molecule has 0 atom stereocenters. The fourth-order valence-corrected chi connectivity index (χ4v) is 2.49. The van der Waals surface area contributed by atoms with Gasteiger partial charge in [-0.05, 0) is 31.9 Å². The van der Waals surface area contributed by atoms with Crippen molar-refractivity contribution < 1.29 is 4.79 Å². The Balaban J connectivity index is 2.95. The van der Waals surface area contributed by atoms with E-state index in [0.717, 1.165) is 31.4 Å². The largest absolute Gasteiger partial charge is 0.397 e. The third kappa shape index (κ3) is 3.98. The van der Waals surface area contributed by atoms with Crippen LogP contribution in [0.3, 0.4) is 0 Å². The summed E-state index contributed by atoms with van der Waals surface area (Å²) >= 11 is 0. The Morgan fingerprint density at radius 1 is 1.16 bits per heavy atom. The van der Waals surface area contributed by atoms with Gasteiger partial charge in [0.15, 0.2) is 0 Å². The van der Waals surface area contributed by atoms with Gasteiger partial charge in [-0.1, -0.05) is 38.8 Å². The van der Waals surface area contributed by atoms with E-state index in [2.05, 4.69) is 13.8 Å². The zero-order valence-electron chi connectivity index (χ0n) is 12.4. The Labute approximate surface area is 116 Å². The fourth-order valence-electron chi connectivity index (χ4n) is 2.49. The highest BCUT2D eigenvalue weighted by molar-refractivity contribution is 5.97. The standard InChI is InChI=1S/C16H26N2O/c1-4-9-13(10-5-2)16(19)18(6-3)15-12-8-7-11-14(15)17/h7-8,11-13H,4-6,9-10,17H2,1-3H3. The number of carbonyl (C=O) groups excluding carboxylic acids is 1. The normalized spacial score (nSPS) is 10.7. The van der Waals surface area contributed by atoms with Gasteiger partial charge in [-0.2, -0.15) is 0 Å². The van der Waals surface area contributed by atoms with Crippen molar-refractivity contribution in [2.24, 2.45) is 5.92 Å². The second-order valence-corrected chi connectivity index (χ2v) is 4.92. The highest BCUT2D eigenvalue weighted by atomic mass is 16.2. The molecule has 1 aromatic carbocycles. The van der Waals surface area contributed by atoms with Gasteiger partial charge in [-0.3, -0.25) is 4.79 Å². The van der Waals surface area contributed by atoms with Crippen molar-refractivity contribution in [2.75, 3.05) is 17.2 Å². The van der Waals surface area contributed by atoms with E-state index in [1.54, 1.807) is 0 Å². The summed E-state index contributed by atoms with van der Waals surface area (Å²) in [4.78, 5) is 14.5. The van der Waals surface area contributed by atoms with E-state index in [0.29, 0.717) is 12.2 Å². The number of nitrogen functional groups attached to an aromatic ring is 1. The van der Waals surface area contributed by atoms with E-state index in [1.807, 2.05) is 36.1 Å². The van der Waals surface area contributed by atoms with Gasteiger partial charge in [0.25, 0.3) is 0 Å². The summed E-state index contributed by atoms with van der Waals surface area (Å²) in [5.41, 5.74) is 7.50. The maximum atomic E-state index is 12.7. The number of nitrogens with two attached hydrogens (primary N) is 1. The van der Waals surface area contributed by atoms with Crippen LogP contribution in [0.4, 0.5) is 11.4 Å². The second kappa shape index (κ2) is 7.82. The van der Waals surface area contributed by atoms with Crippen molar-refractivity contribution in [3.63, 3.8) is 0 Å². The van der Waals surface area contributed by atoms with E-state index in [9.17, 15) is 4.79 Å². The molecule has 0 heterocycles. The van der Waals surface area contributed by atoms with Crippen molar-refractivity contribution in [3.05, 3.63) is 24.3 Å². The minimum atomic E-state index is 0.120. The average molecular weight is 262 g/mol. The minimum absolute atomic E-state index is 0.120. The highest BCUT2D eigenvalue weighted by Gasteiger charge is 2.24. The first-order valence-corrected chi connectivity index (χ1v) is 7.31. The molecule has 0 saturated heterocycles. The summed E-state index contributed by atoms with van der Waals surface area (Å²) in [5.74, 6) is 0.332. The first-order chi connectivity index (χ1) is 9.15. The van der Waals surface area contributed by atoms with Gasteiger partial charge >= 0.3 is 0 Å². The number of amides is 1. The Morgan fingerprint density at radius 3 is 2.21 bits per heavy atom. The molecule has 0 aromatic heterocycles. The number of nitrogens with zero attached hydrogens (tertiary/aromatic N) is 1. The Kier molecular flexibility index (Phi) is 6.40. The fraction of sp³-hybridized carbons (Fsp3) is 0.562. The monoisotopic (exact) mass is 262 g/mol. The molecular weight excluding hydrogens is 236 g/mol. The molecule has 3 nitrogen and oxygen atoms in total. The lowest BCUT2D eigenvalue weighted by Crippen LogP contribution is -2.36. The van der Waals surface area contributed by atoms with Crippen LogP contribution in [0.5, 0.6) is 0 Å². The average Bonchev–Trinajstić information content (AvgIpc) is 2.41. The molecule has 19 heavy (non-hydrogen) atoms. The first-order valence-electron chi connectivity index (χ1n) is 7.31. The predicted molar refractivity (Wildman–Crippen MR) is 82.2 cm³/mol. The molecular formula is C16H26N2O. The molecule has 1 amide bonds. The molecule has 0 aliphatic heterocycles. The van der Waals surface area contributed by atoms with Crippen molar-refractivity contribution in [1.82, 2.24) is 0 Å². The Morgan fingerprint density at radius 2 is 1.74 bits per heavy atom. The Hall–Kier alpha value is -1.51. The van der Waals surface area contributed by atoms with Crippen LogP contribution in [0.1, 0.15) is 46.5 Å². The molecule has 0 fully saturated rings. The molecule has 3 heteroatoms. The van der Waals surface area contributed by atoms with Gasteiger partial charge in [0.05, 0.1) is 11.4 Å². The lowest BCUT2D eigenvalue weighted by atomic mass is 9.96. The highest BCUT2D eigenvalue weighted by Crippen LogP contribution is 2.26. The number of hydrogen-bond acceptors (Lipinski definition) is 2. The number of rotatable bonds is 7. The maximum absolute atomic E-state index is 12.7. The molecule has 106 valence electrons. The van der Waals surface area contributed by atoms with Crippen molar-refractivity contribution in [2.45, 2.75) is 46.5 Å². The SMILES string of the molecule is CCCC(CCC)C(=O)N(CC)c1ccccc1N. The molecule has 0 saturated carbocycles. The van der Waals surface area contributed by atoms with Crippen LogP contribution in [0, 0.1) is 5.92 Å². The summed E-state index contributed by atoms with van der Waals surface area (Å²) in [6, 6.07) is 7.59. The van der Waals surface area contributed by atoms with Gasteiger partial charge in [-0.15, -0.1) is 0 Å². The lowest BCUT2D eigenvalue weighted by Gasteiger charge is -2.27. The van der Waals surface area contributed by atoms with Gasteiger partial charge in [0.2, 0.25) is 5.91 Å². The Bertz CT molecular complexity index is 397. The van der Waals surface area contributed by atoms with Crippen LogP contribution < -0.4 is 10.6 Å². The quantitative estimate of drug-likeness (QED) is 0.759. The molecule has 1 rings (SSSR count). The van der Waals surface area contributed by atoms with Crippen LogP contribution in [0.15, 0.2) is 24.3 Å². The summed E-state index contributed by atoms with van der Waals surface area (Å²) < 4.78 is 0. The third-order valence-corrected chi connectivity index (χ3v) is 3.43. The van der Waals surface area contributed by atoms with Crippen LogP contribution in [-0.4, -0.2) is 12.5 Å². The molecule has 0 spiro atoms. The van der Waals surface area contributed by atoms with Gasteiger partial charge in [-0.25, -0.2) is 0 Å². The number of hydrogen-bond donors (Lipinski definition) is 1. The minimum Gasteiger partial charge on any atom is -0.397 e. The van der Waals surface area contributed by atoms with E-state index in [4.69, 9.17) is 5.73 Å². The summed E-state index contributed by atoms with van der Waals surface area (Å²) in [7, 11) is 0. The lowest BCUT2D eigenvalue weighted by molar-refractivity contribution is -0.122. The van der Waals surface area contributed by atoms with Crippen molar-refractivity contribution in [3.8, 4) is 0 Å². The molecule has 0 aliphatic rings. The molecule has 0 bridgehead atoms. The van der Waals surface area contributed by atoms with Crippen LogP contribution in [0.25, 0.3) is 0 Å². The maximum Gasteiger partial charge on any atom is 0.230 e. The first kappa shape index (κ1) is 15.5. The number of benzene rings is 1.